The summed E-state index contributed by atoms with van der Waals surface area (Å²) in [5.41, 5.74) is 5.80. The number of aliphatic carboxylic acids is 1. The second kappa shape index (κ2) is 14.8. The molecule has 244 valence electrons. The van der Waals surface area contributed by atoms with Gasteiger partial charge < -0.3 is 39.4 Å². The van der Waals surface area contributed by atoms with Crippen LogP contribution in [0.25, 0.3) is 11.1 Å². The molecule has 0 unspecified atom stereocenters. The molecule has 3 fully saturated rings. The number of aliphatic hydroxyl groups excluding tert-OH is 1. The van der Waals surface area contributed by atoms with E-state index in [1.165, 1.54) is 0 Å². The number of nitrogens with one attached hydrogen (secondary N) is 1. The van der Waals surface area contributed by atoms with E-state index in [0.29, 0.717) is 19.8 Å². The van der Waals surface area contributed by atoms with Gasteiger partial charge in [0.1, 0.15) is 0 Å². The van der Waals surface area contributed by atoms with Crippen LogP contribution in [0.1, 0.15) is 66.8 Å². The maximum atomic E-state index is 12.0. The largest absolute Gasteiger partial charge is 0.481 e. The Morgan fingerprint density at radius 2 is 1.57 bits per heavy atom. The number of rotatable bonds is 11. The lowest BCUT2D eigenvalue weighted by molar-refractivity contribution is -0.255. The summed E-state index contributed by atoms with van der Waals surface area (Å²) in [7, 11) is 0. The molecule has 0 radical (unpaired) electrons. The quantitative estimate of drug-likeness (QED) is 0.276. The summed E-state index contributed by atoms with van der Waals surface area (Å²) in [6.45, 7) is 4.23. The van der Waals surface area contributed by atoms with E-state index in [0.717, 1.165) is 72.3 Å². The van der Waals surface area contributed by atoms with Crippen molar-refractivity contribution in [3.8, 4) is 11.1 Å². The molecule has 3 heterocycles. The number of nitrogens with zero attached hydrogens (tertiary/aromatic N) is 1. The number of carboxylic acid groups (broad SMARTS) is 1. The van der Waals surface area contributed by atoms with E-state index < -0.39 is 18.0 Å². The van der Waals surface area contributed by atoms with Crippen LogP contribution in [0.3, 0.4) is 0 Å². The number of benzene rings is 3. The Kier molecular flexibility index (Phi) is 10.4. The average molecular weight is 631 g/mol. The molecule has 6 rings (SSSR count). The van der Waals surface area contributed by atoms with Gasteiger partial charge in [-0.3, -0.25) is 9.59 Å². The first-order valence-corrected chi connectivity index (χ1v) is 16.1. The minimum Gasteiger partial charge on any atom is -0.481 e. The van der Waals surface area contributed by atoms with Gasteiger partial charge in [0.15, 0.2) is 12.1 Å². The summed E-state index contributed by atoms with van der Waals surface area (Å²) in [4.78, 5) is 25.1. The van der Waals surface area contributed by atoms with Crippen molar-refractivity contribution >= 4 is 11.9 Å². The fraction of sp³-hybridized carbons (Fsp3) is 0.444. The summed E-state index contributed by atoms with van der Waals surface area (Å²) in [6, 6.07) is 24.0. The maximum absolute atomic E-state index is 12.0. The number of amides is 1. The zero-order valence-electron chi connectivity index (χ0n) is 25.9. The van der Waals surface area contributed by atoms with E-state index in [4.69, 9.17) is 24.1 Å². The van der Waals surface area contributed by atoms with Crippen LogP contribution in [-0.2, 0) is 41.7 Å². The van der Waals surface area contributed by atoms with Crippen LogP contribution in [0.2, 0.25) is 0 Å². The SMILES string of the molecule is O=C(O)CCC(=O)NCc1cccc(-c2ccc([C@H]3O[C@@H](CN4CCC5(CC4)OCCO5)C[C@@H](c4ccc(CO)cc4)O3)cc2)c1. The monoisotopic (exact) mass is 630 g/mol. The highest BCUT2D eigenvalue weighted by Gasteiger charge is 2.41. The first-order chi connectivity index (χ1) is 22.4. The zero-order chi connectivity index (χ0) is 31.9. The van der Waals surface area contributed by atoms with Gasteiger partial charge in [0.2, 0.25) is 5.91 Å². The van der Waals surface area contributed by atoms with Crippen LogP contribution in [-0.4, -0.2) is 71.7 Å². The zero-order valence-corrected chi connectivity index (χ0v) is 25.9. The highest BCUT2D eigenvalue weighted by Crippen LogP contribution is 2.39. The molecule has 3 saturated heterocycles. The minimum absolute atomic E-state index is 0.000724. The van der Waals surface area contributed by atoms with E-state index in [1.807, 2.05) is 72.8 Å². The van der Waals surface area contributed by atoms with Gasteiger partial charge in [0, 0.05) is 57.4 Å². The first-order valence-electron chi connectivity index (χ1n) is 16.1. The smallest absolute Gasteiger partial charge is 0.303 e. The fourth-order valence-corrected chi connectivity index (χ4v) is 6.39. The molecule has 3 N–H and O–H groups in total. The second-order valence-corrected chi connectivity index (χ2v) is 12.3. The lowest BCUT2D eigenvalue weighted by atomic mass is 9.98. The molecule has 0 saturated carbocycles. The van der Waals surface area contributed by atoms with Gasteiger partial charge in [-0.15, -0.1) is 0 Å². The molecule has 3 aromatic carbocycles. The molecule has 3 aromatic rings. The third kappa shape index (κ3) is 8.19. The van der Waals surface area contributed by atoms with E-state index in [2.05, 4.69) is 10.2 Å². The Morgan fingerprint density at radius 1 is 0.848 bits per heavy atom. The molecule has 46 heavy (non-hydrogen) atoms. The Balaban J connectivity index is 1.13. The van der Waals surface area contributed by atoms with Crippen LogP contribution >= 0.6 is 0 Å². The van der Waals surface area contributed by atoms with Gasteiger partial charge >= 0.3 is 5.97 Å². The van der Waals surface area contributed by atoms with E-state index >= 15 is 0 Å². The lowest BCUT2D eigenvalue weighted by Crippen LogP contribution is -2.48. The van der Waals surface area contributed by atoms with Crippen molar-refractivity contribution < 1.29 is 38.7 Å². The van der Waals surface area contributed by atoms with E-state index in [9.17, 15) is 14.7 Å². The average Bonchev–Trinajstić information content (AvgIpc) is 3.55. The molecular weight excluding hydrogens is 588 g/mol. The maximum Gasteiger partial charge on any atom is 0.303 e. The molecule has 3 aliphatic heterocycles. The van der Waals surface area contributed by atoms with Crippen molar-refractivity contribution in [1.29, 1.82) is 0 Å². The van der Waals surface area contributed by atoms with Gasteiger partial charge in [-0.2, -0.15) is 0 Å². The highest BCUT2D eigenvalue weighted by molar-refractivity contribution is 5.80. The van der Waals surface area contributed by atoms with E-state index in [-0.39, 0.29) is 37.6 Å². The third-order valence-corrected chi connectivity index (χ3v) is 9.01. The van der Waals surface area contributed by atoms with Gasteiger partial charge in [-0.05, 0) is 33.9 Å². The topological polar surface area (TPSA) is 127 Å². The molecule has 10 heteroatoms. The Bertz CT molecular complexity index is 1460. The number of piperidine rings is 1. The van der Waals surface area contributed by atoms with Crippen molar-refractivity contribution in [3.63, 3.8) is 0 Å². The van der Waals surface area contributed by atoms with Crippen LogP contribution in [0.15, 0.2) is 72.8 Å². The van der Waals surface area contributed by atoms with Crippen molar-refractivity contribution in [2.45, 2.75) is 69.5 Å². The van der Waals surface area contributed by atoms with Gasteiger partial charge in [-0.25, -0.2) is 0 Å². The number of hydrogen-bond acceptors (Lipinski definition) is 8. The molecule has 0 aromatic heterocycles. The summed E-state index contributed by atoms with van der Waals surface area (Å²) in [5, 5.41) is 21.1. The number of carbonyl (C=O) groups is 2. The van der Waals surface area contributed by atoms with Crippen LogP contribution in [0, 0.1) is 0 Å². The Hall–Kier alpha value is -3.64. The molecule has 0 bridgehead atoms. The standard InChI is InChI=1S/C36H42N2O8/c39-24-25-4-6-28(7-5-25)32-21-31(23-38-16-14-36(15-17-38)43-18-19-44-36)45-35(46-32)29-10-8-27(9-11-29)30-3-1-2-26(20-30)22-37-33(40)12-13-34(41)42/h1-11,20,31-32,35,39H,12-19,21-24H2,(H,37,40)(H,41,42)/t31-,32+,35+/m1/s1. The molecule has 10 nitrogen and oxygen atoms in total. The molecule has 3 atom stereocenters. The molecule has 1 spiro atoms. The molecule has 1 amide bonds. The van der Waals surface area contributed by atoms with Gasteiger partial charge in [0.05, 0.1) is 38.4 Å². The predicted molar refractivity (Wildman–Crippen MR) is 169 cm³/mol. The highest BCUT2D eigenvalue weighted by atomic mass is 16.7. The predicted octanol–water partition coefficient (Wildman–Crippen LogP) is 4.71. The minimum atomic E-state index is -0.988. The summed E-state index contributed by atoms with van der Waals surface area (Å²) >= 11 is 0. The van der Waals surface area contributed by atoms with Gasteiger partial charge in [0.25, 0.3) is 0 Å². The Labute approximate surface area is 269 Å². The summed E-state index contributed by atoms with van der Waals surface area (Å²) in [6.07, 6.45) is 1.46. The summed E-state index contributed by atoms with van der Waals surface area (Å²) in [5.74, 6) is -1.69. The Morgan fingerprint density at radius 3 is 2.26 bits per heavy atom. The summed E-state index contributed by atoms with van der Waals surface area (Å²) < 4.78 is 25.0. The molecular formula is C36H42N2O8. The fourth-order valence-electron chi connectivity index (χ4n) is 6.39. The number of carbonyl (C=O) groups excluding carboxylic acids is 1. The van der Waals surface area contributed by atoms with Crippen LogP contribution < -0.4 is 5.32 Å². The molecule has 0 aliphatic carbocycles. The van der Waals surface area contributed by atoms with Crippen molar-refractivity contribution in [1.82, 2.24) is 10.2 Å². The van der Waals surface area contributed by atoms with Crippen LogP contribution in [0.4, 0.5) is 0 Å². The number of hydrogen-bond donors (Lipinski definition) is 3. The lowest BCUT2D eigenvalue weighted by Gasteiger charge is -2.41. The normalized spacial score (nSPS) is 22.9. The first kappa shape index (κ1) is 32.3. The van der Waals surface area contributed by atoms with Crippen molar-refractivity contribution in [3.05, 3.63) is 95.1 Å². The van der Waals surface area contributed by atoms with Gasteiger partial charge in [-0.1, -0.05) is 66.7 Å². The van der Waals surface area contributed by atoms with Crippen LogP contribution in [0.5, 0.6) is 0 Å². The van der Waals surface area contributed by atoms with E-state index in [1.54, 1.807) is 0 Å². The number of ether oxygens (including phenoxy) is 4. The second-order valence-electron chi connectivity index (χ2n) is 12.3. The van der Waals surface area contributed by atoms with Crippen molar-refractivity contribution in [2.24, 2.45) is 0 Å². The number of aliphatic hydroxyl groups is 1. The molecule has 3 aliphatic rings. The number of likely N-dealkylation sites (tertiary alicyclic amines) is 1. The number of carboxylic acids is 1. The van der Waals surface area contributed by atoms with Crippen molar-refractivity contribution in [2.75, 3.05) is 32.8 Å². The third-order valence-electron chi connectivity index (χ3n) is 9.01.